The largest absolute Gasteiger partial charge is 0.481 e. The Morgan fingerprint density at radius 2 is 2.10 bits per heavy atom. The Morgan fingerprint density at radius 1 is 1.35 bits per heavy atom. The van der Waals surface area contributed by atoms with Crippen molar-refractivity contribution in [1.82, 2.24) is 10.2 Å². The highest BCUT2D eigenvalue weighted by molar-refractivity contribution is 5.66. The molecule has 0 bridgehead atoms. The first-order valence-electron chi connectivity index (χ1n) is 8.23. The van der Waals surface area contributed by atoms with E-state index in [1.54, 1.807) is 0 Å². The third kappa shape index (κ3) is 4.74. The van der Waals surface area contributed by atoms with Crippen molar-refractivity contribution in [3.63, 3.8) is 0 Å². The molecule has 116 valence electrons. The second-order valence-electron chi connectivity index (χ2n) is 7.07. The predicted octanol–water partition coefficient (Wildman–Crippen LogP) is 2.34. The average molecular weight is 282 g/mol. The number of nitrogens with one attached hydrogen (secondary N) is 1. The lowest BCUT2D eigenvalue weighted by Gasteiger charge is -2.45. The van der Waals surface area contributed by atoms with Gasteiger partial charge < -0.3 is 10.4 Å². The summed E-state index contributed by atoms with van der Waals surface area (Å²) in [6.07, 6.45) is 6.33. The van der Waals surface area contributed by atoms with Crippen LogP contribution < -0.4 is 5.32 Å². The maximum absolute atomic E-state index is 10.8. The molecule has 0 aromatic rings. The number of carboxylic acid groups (broad SMARTS) is 1. The lowest BCUT2D eigenvalue weighted by atomic mass is 9.84. The third-order valence-corrected chi connectivity index (χ3v) is 4.74. The highest BCUT2D eigenvalue weighted by Gasteiger charge is 2.33. The van der Waals surface area contributed by atoms with Crippen molar-refractivity contribution in [3.05, 3.63) is 0 Å². The number of rotatable bonds is 7. The number of hydrogen-bond donors (Lipinski definition) is 2. The van der Waals surface area contributed by atoms with Crippen molar-refractivity contribution in [2.75, 3.05) is 19.6 Å². The monoisotopic (exact) mass is 282 g/mol. The standard InChI is InChI=1S/C16H30N2O2/c1-12(2)9-17-14-8-13(6-7-16(19)20)10-18(11-14)15-4-3-5-15/h12-15,17H,3-11H2,1-2H3,(H,19,20). The van der Waals surface area contributed by atoms with Gasteiger partial charge in [0.05, 0.1) is 0 Å². The van der Waals surface area contributed by atoms with E-state index in [0.717, 1.165) is 38.5 Å². The van der Waals surface area contributed by atoms with Gasteiger partial charge in [0.15, 0.2) is 0 Å². The smallest absolute Gasteiger partial charge is 0.303 e. The summed E-state index contributed by atoms with van der Waals surface area (Å²) >= 11 is 0. The second-order valence-corrected chi connectivity index (χ2v) is 7.07. The fraction of sp³-hybridized carbons (Fsp3) is 0.938. The minimum Gasteiger partial charge on any atom is -0.481 e. The Hall–Kier alpha value is -0.610. The molecule has 0 spiro atoms. The molecule has 2 N–H and O–H groups in total. The van der Waals surface area contributed by atoms with Crippen LogP contribution in [-0.2, 0) is 4.79 Å². The number of carboxylic acids is 1. The first kappa shape index (κ1) is 15.8. The summed E-state index contributed by atoms with van der Waals surface area (Å²) in [5.74, 6) is 0.564. The molecule has 2 fully saturated rings. The lowest BCUT2D eigenvalue weighted by molar-refractivity contribution is -0.137. The maximum atomic E-state index is 10.8. The van der Waals surface area contributed by atoms with E-state index in [9.17, 15) is 4.79 Å². The van der Waals surface area contributed by atoms with Crippen LogP contribution in [0.2, 0.25) is 0 Å². The summed E-state index contributed by atoms with van der Waals surface area (Å²) in [6, 6.07) is 1.32. The molecule has 0 aromatic carbocycles. The zero-order chi connectivity index (χ0) is 14.5. The van der Waals surface area contributed by atoms with E-state index >= 15 is 0 Å². The number of carbonyl (C=O) groups is 1. The molecule has 0 radical (unpaired) electrons. The summed E-state index contributed by atoms with van der Waals surface area (Å²) in [6.45, 7) is 7.80. The van der Waals surface area contributed by atoms with Crippen molar-refractivity contribution in [2.24, 2.45) is 11.8 Å². The van der Waals surface area contributed by atoms with E-state index in [2.05, 4.69) is 24.1 Å². The van der Waals surface area contributed by atoms with E-state index in [1.807, 2.05) is 0 Å². The number of nitrogens with zero attached hydrogens (tertiary/aromatic N) is 1. The molecule has 4 heteroatoms. The molecule has 2 atom stereocenters. The molecule has 1 aliphatic heterocycles. The summed E-state index contributed by atoms with van der Waals surface area (Å²) in [5.41, 5.74) is 0. The van der Waals surface area contributed by atoms with Gasteiger partial charge in [0.25, 0.3) is 0 Å². The second kappa shape index (κ2) is 7.41. The van der Waals surface area contributed by atoms with Gasteiger partial charge in [0, 0.05) is 31.6 Å². The van der Waals surface area contributed by atoms with Crippen molar-refractivity contribution in [1.29, 1.82) is 0 Å². The molecular formula is C16H30N2O2. The molecule has 2 rings (SSSR count). The Kier molecular flexibility index (Phi) is 5.85. The predicted molar refractivity (Wildman–Crippen MR) is 80.8 cm³/mol. The van der Waals surface area contributed by atoms with Crippen molar-refractivity contribution < 1.29 is 9.90 Å². The summed E-state index contributed by atoms with van der Waals surface area (Å²) < 4.78 is 0. The van der Waals surface area contributed by atoms with Crippen LogP contribution in [0, 0.1) is 11.8 Å². The van der Waals surface area contributed by atoms with Crippen molar-refractivity contribution >= 4 is 5.97 Å². The molecule has 2 unspecified atom stereocenters. The molecule has 1 aliphatic carbocycles. The molecule has 1 heterocycles. The lowest BCUT2D eigenvalue weighted by Crippen LogP contribution is -2.54. The van der Waals surface area contributed by atoms with Crippen LogP contribution in [-0.4, -0.2) is 47.7 Å². The Balaban J connectivity index is 1.85. The minimum atomic E-state index is -0.655. The first-order chi connectivity index (χ1) is 9.54. The molecule has 1 saturated carbocycles. The number of likely N-dealkylation sites (tertiary alicyclic amines) is 1. The van der Waals surface area contributed by atoms with E-state index in [4.69, 9.17) is 5.11 Å². The molecule has 1 saturated heterocycles. The van der Waals surface area contributed by atoms with Gasteiger partial charge in [-0.25, -0.2) is 0 Å². The molecule has 2 aliphatic rings. The molecule has 0 aromatic heterocycles. The van der Waals surface area contributed by atoms with Gasteiger partial charge in [-0.05, 0) is 44.1 Å². The van der Waals surface area contributed by atoms with Gasteiger partial charge in [-0.3, -0.25) is 9.69 Å². The Morgan fingerprint density at radius 3 is 2.65 bits per heavy atom. The normalized spacial score (nSPS) is 28.6. The zero-order valence-corrected chi connectivity index (χ0v) is 13.0. The van der Waals surface area contributed by atoms with Crippen LogP contribution in [0.15, 0.2) is 0 Å². The van der Waals surface area contributed by atoms with Crippen LogP contribution in [0.25, 0.3) is 0 Å². The quantitative estimate of drug-likeness (QED) is 0.752. The fourth-order valence-corrected chi connectivity index (χ4v) is 3.38. The number of piperidine rings is 1. The summed E-state index contributed by atoms with van der Waals surface area (Å²) in [5, 5.41) is 12.6. The van der Waals surface area contributed by atoms with E-state index < -0.39 is 5.97 Å². The van der Waals surface area contributed by atoms with Gasteiger partial charge in [0.2, 0.25) is 0 Å². The van der Waals surface area contributed by atoms with Crippen LogP contribution in [0.3, 0.4) is 0 Å². The maximum Gasteiger partial charge on any atom is 0.303 e. The molecule has 20 heavy (non-hydrogen) atoms. The minimum absolute atomic E-state index is 0.320. The van der Waals surface area contributed by atoms with Crippen molar-refractivity contribution in [2.45, 2.75) is 64.5 Å². The molecule has 4 nitrogen and oxygen atoms in total. The van der Waals surface area contributed by atoms with Gasteiger partial charge in [-0.2, -0.15) is 0 Å². The molecule has 0 amide bonds. The Bertz CT molecular complexity index is 316. The summed E-state index contributed by atoms with van der Waals surface area (Å²) in [4.78, 5) is 13.4. The van der Waals surface area contributed by atoms with Crippen LogP contribution in [0.1, 0.15) is 52.4 Å². The van der Waals surface area contributed by atoms with Gasteiger partial charge >= 0.3 is 5.97 Å². The van der Waals surface area contributed by atoms with E-state index in [1.165, 1.54) is 19.3 Å². The topological polar surface area (TPSA) is 52.6 Å². The highest BCUT2D eigenvalue weighted by Crippen LogP contribution is 2.30. The average Bonchev–Trinajstić information content (AvgIpc) is 2.31. The van der Waals surface area contributed by atoms with Gasteiger partial charge in [-0.15, -0.1) is 0 Å². The third-order valence-electron chi connectivity index (χ3n) is 4.74. The zero-order valence-electron chi connectivity index (χ0n) is 13.0. The fourth-order valence-electron chi connectivity index (χ4n) is 3.38. The van der Waals surface area contributed by atoms with Gasteiger partial charge in [0.1, 0.15) is 0 Å². The SMILES string of the molecule is CC(C)CNC1CC(CCC(=O)O)CN(C2CCC2)C1. The van der Waals surface area contributed by atoms with Crippen molar-refractivity contribution in [3.8, 4) is 0 Å². The first-order valence-corrected chi connectivity index (χ1v) is 8.23. The Labute approximate surface area is 122 Å². The van der Waals surface area contributed by atoms with Crippen LogP contribution in [0.5, 0.6) is 0 Å². The summed E-state index contributed by atoms with van der Waals surface area (Å²) in [7, 11) is 0. The molecular weight excluding hydrogens is 252 g/mol. The van der Waals surface area contributed by atoms with Gasteiger partial charge in [-0.1, -0.05) is 20.3 Å². The van der Waals surface area contributed by atoms with Crippen LogP contribution >= 0.6 is 0 Å². The number of hydrogen-bond acceptors (Lipinski definition) is 3. The number of aliphatic carboxylic acids is 1. The highest BCUT2D eigenvalue weighted by atomic mass is 16.4. The van der Waals surface area contributed by atoms with E-state index in [0.29, 0.717) is 24.3 Å². The van der Waals surface area contributed by atoms with E-state index in [-0.39, 0.29) is 0 Å². The van der Waals surface area contributed by atoms with Crippen LogP contribution in [0.4, 0.5) is 0 Å².